The maximum atomic E-state index is 13.5. The van der Waals surface area contributed by atoms with Gasteiger partial charge in [0.2, 0.25) is 0 Å². The zero-order chi connectivity index (χ0) is 22.0. The highest BCUT2D eigenvalue weighted by Gasteiger charge is 2.22. The van der Waals surface area contributed by atoms with Crippen LogP contribution in [0, 0.1) is 5.82 Å². The van der Waals surface area contributed by atoms with Gasteiger partial charge in [0.1, 0.15) is 5.82 Å². The summed E-state index contributed by atoms with van der Waals surface area (Å²) in [5.74, 6) is -0.716. The van der Waals surface area contributed by atoms with Gasteiger partial charge in [-0.1, -0.05) is 59.9 Å². The molecule has 0 unspecified atom stereocenters. The zero-order valence-electron chi connectivity index (χ0n) is 16.4. The predicted molar refractivity (Wildman–Crippen MR) is 120 cm³/mol. The van der Waals surface area contributed by atoms with Crippen LogP contribution < -0.4 is 5.32 Å². The van der Waals surface area contributed by atoms with Crippen LogP contribution in [-0.2, 0) is 9.84 Å². The van der Waals surface area contributed by atoms with E-state index in [4.69, 9.17) is 0 Å². The molecule has 0 spiro atoms. The molecule has 0 atom stereocenters. The molecule has 0 aliphatic carbocycles. The number of carbonyl (C=O) groups excluding carboxylic acids is 1. The van der Waals surface area contributed by atoms with Crippen molar-refractivity contribution in [3.63, 3.8) is 0 Å². The minimum absolute atomic E-state index is 0.129. The molecule has 0 aliphatic heterocycles. The van der Waals surface area contributed by atoms with Crippen molar-refractivity contribution in [2.45, 2.75) is 4.90 Å². The predicted octanol–water partition coefficient (Wildman–Crippen LogP) is 5.27. The summed E-state index contributed by atoms with van der Waals surface area (Å²) in [5.41, 5.74) is 1.96. The van der Waals surface area contributed by atoms with Crippen molar-refractivity contribution in [3.05, 3.63) is 90.2 Å². The molecule has 4 rings (SSSR count). The Bertz CT molecular complexity index is 1350. The third-order valence-corrected chi connectivity index (χ3v) is 6.71. The highest BCUT2D eigenvalue weighted by Crippen LogP contribution is 2.41. The Hall–Kier alpha value is -3.36. The van der Waals surface area contributed by atoms with Crippen LogP contribution in [0.1, 0.15) is 10.4 Å². The third kappa shape index (κ3) is 4.55. The molecule has 1 heterocycles. The lowest BCUT2D eigenvalue weighted by atomic mass is 10.1. The molecule has 0 aliphatic rings. The number of carbonyl (C=O) groups is 1. The molecule has 0 bridgehead atoms. The van der Waals surface area contributed by atoms with Gasteiger partial charge in [-0.15, -0.1) is 0 Å². The summed E-state index contributed by atoms with van der Waals surface area (Å²) in [6.07, 6.45) is 1.13. The second-order valence-corrected chi connectivity index (χ2v) is 9.78. The van der Waals surface area contributed by atoms with E-state index in [2.05, 4.69) is 10.3 Å². The van der Waals surface area contributed by atoms with Gasteiger partial charge in [0, 0.05) is 17.4 Å². The van der Waals surface area contributed by atoms with Gasteiger partial charge in [-0.25, -0.2) is 17.8 Å². The van der Waals surface area contributed by atoms with E-state index < -0.39 is 9.84 Å². The topological polar surface area (TPSA) is 76.1 Å². The first-order valence-electron chi connectivity index (χ1n) is 9.25. The zero-order valence-corrected chi connectivity index (χ0v) is 18.0. The van der Waals surface area contributed by atoms with Crippen LogP contribution >= 0.6 is 11.3 Å². The minimum atomic E-state index is -3.53. The third-order valence-electron chi connectivity index (χ3n) is 4.53. The minimum Gasteiger partial charge on any atom is -0.298 e. The Kier molecular flexibility index (Phi) is 5.67. The van der Waals surface area contributed by atoms with Crippen molar-refractivity contribution in [2.75, 3.05) is 11.6 Å². The second kappa shape index (κ2) is 8.41. The first-order chi connectivity index (χ1) is 14.8. The van der Waals surface area contributed by atoms with Crippen molar-refractivity contribution in [2.24, 2.45) is 0 Å². The molecule has 1 N–H and O–H groups in total. The van der Waals surface area contributed by atoms with Crippen molar-refractivity contribution in [1.29, 1.82) is 0 Å². The largest absolute Gasteiger partial charge is 0.298 e. The molecule has 0 saturated heterocycles. The molecule has 4 aromatic rings. The van der Waals surface area contributed by atoms with Crippen molar-refractivity contribution in [3.8, 4) is 21.7 Å². The van der Waals surface area contributed by atoms with E-state index in [0.29, 0.717) is 32.4 Å². The van der Waals surface area contributed by atoms with Crippen LogP contribution in [0.4, 0.5) is 9.52 Å². The number of rotatable bonds is 5. The van der Waals surface area contributed by atoms with Gasteiger partial charge < -0.3 is 0 Å². The molecule has 0 radical (unpaired) electrons. The number of amides is 1. The van der Waals surface area contributed by atoms with Crippen molar-refractivity contribution >= 4 is 32.2 Å². The highest BCUT2D eigenvalue weighted by atomic mass is 32.2. The maximum Gasteiger partial charge on any atom is 0.257 e. The van der Waals surface area contributed by atoms with E-state index in [9.17, 15) is 17.6 Å². The van der Waals surface area contributed by atoms with E-state index >= 15 is 0 Å². The molecule has 8 heteroatoms. The average molecular weight is 453 g/mol. The van der Waals surface area contributed by atoms with Crippen LogP contribution in [0.15, 0.2) is 83.8 Å². The molecule has 5 nitrogen and oxygen atoms in total. The molecule has 1 aromatic heterocycles. The lowest BCUT2D eigenvalue weighted by Gasteiger charge is -2.08. The number of anilines is 1. The molecular weight excluding hydrogens is 435 g/mol. The quantitative estimate of drug-likeness (QED) is 0.447. The first kappa shape index (κ1) is 20.9. The number of aromatic nitrogens is 1. The number of halogens is 1. The normalized spacial score (nSPS) is 11.3. The molecule has 0 fully saturated rings. The van der Waals surface area contributed by atoms with Gasteiger partial charge in [-0.05, 0) is 35.9 Å². The summed E-state index contributed by atoms with van der Waals surface area (Å²) >= 11 is 1.20. The van der Waals surface area contributed by atoms with Gasteiger partial charge >= 0.3 is 0 Å². The van der Waals surface area contributed by atoms with E-state index in [-0.39, 0.29) is 16.6 Å². The average Bonchev–Trinajstić information content (AvgIpc) is 3.18. The number of sulfone groups is 1. The van der Waals surface area contributed by atoms with Crippen LogP contribution in [0.2, 0.25) is 0 Å². The highest BCUT2D eigenvalue weighted by molar-refractivity contribution is 7.90. The summed E-state index contributed by atoms with van der Waals surface area (Å²) in [5, 5.41) is 3.08. The number of thiazole rings is 1. The molecular formula is C23H17FN2O3S2. The molecule has 0 saturated carbocycles. The van der Waals surface area contributed by atoms with Crippen molar-refractivity contribution in [1.82, 2.24) is 4.98 Å². The number of nitrogens with one attached hydrogen (secondary N) is 1. The standard InChI is InChI=1S/C23H17FN2O3S2/c1-31(28,29)19-10-6-5-9-18(19)20-21(15-11-13-17(24)14-12-15)30-23(25-20)26-22(27)16-7-3-2-4-8-16/h2-14H,1H3,(H,25,26,27). The maximum absolute atomic E-state index is 13.5. The molecule has 156 valence electrons. The van der Waals surface area contributed by atoms with E-state index in [1.807, 2.05) is 6.07 Å². The monoisotopic (exact) mass is 452 g/mol. The summed E-state index contributed by atoms with van der Waals surface area (Å²) in [4.78, 5) is 17.9. The fourth-order valence-corrected chi connectivity index (χ4v) is 4.97. The summed E-state index contributed by atoms with van der Waals surface area (Å²) in [7, 11) is -3.53. The second-order valence-electron chi connectivity index (χ2n) is 6.79. The van der Waals surface area contributed by atoms with Gasteiger partial charge in [-0.3, -0.25) is 10.1 Å². The number of nitrogens with zero attached hydrogens (tertiary/aromatic N) is 1. The number of benzene rings is 3. The molecule has 31 heavy (non-hydrogen) atoms. The fraction of sp³-hybridized carbons (Fsp3) is 0.0435. The Morgan fingerprint density at radius 2 is 1.58 bits per heavy atom. The smallest absolute Gasteiger partial charge is 0.257 e. The first-order valence-corrected chi connectivity index (χ1v) is 12.0. The van der Waals surface area contributed by atoms with E-state index in [1.165, 1.54) is 29.5 Å². The number of hydrogen-bond donors (Lipinski definition) is 1. The van der Waals surface area contributed by atoms with Crippen molar-refractivity contribution < 1.29 is 17.6 Å². The van der Waals surface area contributed by atoms with Crippen LogP contribution in [-0.4, -0.2) is 25.6 Å². The van der Waals surface area contributed by atoms with Gasteiger partial charge in [0.25, 0.3) is 5.91 Å². The van der Waals surface area contributed by atoms with Crippen LogP contribution in [0.25, 0.3) is 21.7 Å². The number of hydrogen-bond acceptors (Lipinski definition) is 5. The molecule has 1 amide bonds. The SMILES string of the molecule is CS(=O)(=O)c1ccccc1-c1nc(NC(=O)c2ccccc2)sc1-c1ccc(F)cc1. The lowest BCUT2D eigenvalue weighted by molar-refractivity contribution is 0.102. The Morgan fingerprint density at radius 3 is 2.26 bits per heavy atom. The van der Waals surface area contributed by atoms with Crippen LogP contribution in [0.3, 0.4) is 0 Å². The molecule has 3 aromatic carbocycles. The Balaban J connectivity index is 1.84. The van der Waals surface area contributed by atoms with Gasteiger partial charge in [-0.2, -0.15) is 0 Å². The van der Waals surface area contributed by atoms with E-state index in [0.717, 1.165) is 6.26 Å². The van der Waals surface area contributed by atoms with E-state index in [1.54, 1.807) is 54.6 Å². The summed E-state index contributed by atoms with van der Waals surface area (Å²) < 4.78 is 38.2. The fourth-order valence-electron chi connectivity index (χ4n) is 3.10. The van der Waals surface area contributed by atoms with Gasteiger partial charge in [0.15, 0.2) is 15.0 Å². The van der Waals surface area contributed by atoms with Crippen LogP contribution in [0.5, 0.6) is 0 Å². The Morgan fingerprint density at radius 1 is 0.935 bits per heavy atom. The Labute approximate surface area is 183 Å². The lowest BCUT2D eigenvalue weighted by Crippen LogP contribution is -2.11. The summed E-state index contributed by atoms with van der Waals surface area (Å²) in [6, 6.07) is 21.1. The van der Waals surface area contributed by atoms with Gasteiger partial charge in [0.05, 0.1) is 15.5 Å². The summed E-state index contributed by atoms with van der Waals surface area (Å²) in [6.45, 7) is 0.